The molecule has 0 radical (unpaired) electrons. The molecular weight excluding hydrogens is 444 g/mol. The second-order valence-corrected chi connectivity index (χ2v) is 9.15. The van der Waals surface area contributed by atoms with Gasteiger partial charge in [-0.25, -0.2) is 0 Å². The Labute approximate surface area is 197 Å². The number of nitrogens with zero attached hydrogens (tertiary/aromatic N) is 1. The molecule has 2 fully saturated rings. The number of quaternary nitrogens is 1. The molecule has 9 heteroatoms. The Morgan fingerprint density at radius 1 is 1.15 bits per heavy atom. The summed E-state index contributed by atoms with van der Waals surface area (Å²) in [7, 11) is 3.08. The molecule has 3 heterocycles. The number of Topliss-reactive ketones (excluding diaryl/α,β-unsaturated/α-hetero) is 2. The van der Waals surface area contributed by atoms with Crippen LogP contribution in [-0.2, 0) is 14.3 Å². The number of nitrogens with one attached hydrogen (secondary N) is 1. The third kappa shape index (κ3) is 4.80. The van der Waals surface area contributed by atoms with Gasteiger partial charge in [0, 0.05) is 13.0 Å². The molecule has 8 nitrogen and oxygen atoms in total. The molecule has 0 spiro atoms. The fraction of sp³-hybridized carbons (Fsp3) is 0.458. The van der Waals surface area contributed by atoms with Crippen LogP contribution in [0, 0.1) is 5.92 Å². The quantitative estimate of drug-likeness (QED) is 0.333. The minimum absolute atomic E-state index is 0.315. The van der Waals surface area contributed by atoms with Gasteiger partial charge in [-0.15, -0.1) is 11.3 Å². The maximum Gasteiger partial charge on any atom is 0.291 e. The van der Waals surface area contributed by atoms with Gasteiger partial charge in [-0.2, -0.15) is 0 Å². The van der Waals surface area contributed by atoms with Crippen LogP contribution < -0.4 is 14.4 Å². The van der Waals surface area contributed by atoms with Gasteiger partial charge in [0.1, 0.15) is 19.0 Å². The molecule has 0 saturated carbocycles. The summed E-state index contributed by atoms with van der Waals surface area (Å²) < 4.78 is 16.2. The molecule has 2 aliphatic heterocycles. The normalized spacial score (nSPS) is 21.5. The van der Waals surface area contributed by atoms with Crippen molar-refractivity contribution in [2.24, 2.45) is 5.92 Å². The number of rotatable bonds is 9. The van der Waals surface area contributed by atoms with E-state index in [1.807, 2.05) is 0 Å². The van der Waals surface area contributed by atoms with E-state index in [0.717, 1.165) is 39.3 Å². The van der Waals surface area contributed by atoms with Gasteiger partial charge in [0.2, 0.25) is 5.78 Å². The Hall–Kier alpha value is -2.75. The first-order chi connectivity index (χ1) is 16.0. The first-order valence-corrected chi connectivity index (χ1v) is 12.0. The predicted octanol–water partition coefficient (Wildman–Crippen LogP) is 1.02. The van der Waals surface area contributed by atoms with Crippen molar-refractivity contribution in [3.05, 3.63) is 46.2 Å². The van der Waals surface area contributed by atoms with E-state index in [-0.39, 0.29) is 5.78 Å². The molecule has 176 valence electrons. The molecule has 2 atom stereocenters. The second kappa shape index (κ2) is 10.5. The van der Waals surface area contributed by atoms with Gasteiger partial charge in [-0.05, 0) is 29.1 Å². The van der Waals surface area contributed by atoms with E-state index in [9.17, 15) is 14.4 Å². The second-order valence-electron chi connectivity index (χ2n) is 8.21. The van der Waals surface area contributed by atoms with Crippen LogP contribution in [0.2, 0.25) is 0 Å². The molecule has 1 amide bonds. The van der Waals surface area contributed by atoms with E-state index in [2.05, 4.69) is 0 Å². The van der Waals surface area contributed by atoms with Crippen LogP contribution in [0.25, 0.3) is 0 Å². The molecule has 33 heavy (non-hydrogen) atoms. The fourth-order valence-corrected chi connectivity index (χ4v) is 5.32. The highest BCUT2D eigenvalue weighted by molar-refractivity contribution is 7.12. The Bertz CT molecular complexity index is 1000. The number of thiophene rings is 1. The number of hydrogen-bond acceptors (Lipinski definition) is 7. The topological polar surface area (TPSA) is 86.6 Å². The SMILES string of the molecule is COc1ccc(C2C(C(=O)c3cccs3)C(=O)C(=O)N2CCC[NH+]2CCOCC2)cc1OC. The molecule has 2 aliphatic rings. The molecule has 0 aliphatic carbocycles. The van der Waals surface area contributed by atoms with Crippen molar-refractivity contribution in [1.82, 2.24) is 4.90 Å². The number of morpholine rings is 1. The van der Waals surface area contributed by atoms with Crippen molar-refractivity contribution in [2.75, 3.05) is 53.6 Å². The zero-order valence-corrected chi connectivity index (χ0v) is 19.7. The first kappa shape index (κ1) is 23.4. The summed E-state index contributed by atoms with van der Waals surface area (Å²) in [5, 5.41) is 1.79. The maximum atomic E-state index is 13.3. The molecular formula is C24H29N2O6S+. The number of ketones is 2. The lowest BCUT2D eigenvalue weighted by molar-refractivity contribution is -0.908. The Morgan fingerprint density at radius 3 is 2.58 bits per heavy atom. The number of amides is 1. The summed E-state index contributed by atoms with van der Waals surface area (Å²) in [6.45, 7) is 4.63. The van der Waals surface area contributed by atoms with Gasteiger partial charge >= 0.3 is 0 Å². The van der Waals surface area contributed by atoms with Gasteiger partial charge in [0.15, 0.2) is 17.3 Å². The highest BCUT2D eigenvalue weighted by atomic mass is 32.1. The van der Waals surface area contributed by atoms with Crippen LogP contribution >= 0.6 is 11.3 Å². The minimum atomic E-state index is -1.08. The van der Waals surface area contributed by atoms with E-state index in [0.29, 0.717) is 28.5 Å². The zero-order valence-electron chi connectivity index (χ0n) is 18.9. The Morgan fingerprint density at radius 2 is 1.91 bits per heavy atom. The van der Waals surface area contributed by atoms with Gasteiger partial charge in [0.05, 0.1) is 44.9 Å². The van der Waals surface area contributed by atoms with Crippen LogP contribution in [0.4, 0.5) is 0 Å². The number of carbonyl (C=O) groups is 3. The van der Waals surface area contributed by atoms with E-state index < -0.39 is 23.7 Å². The molecule has 2 aromatic rings. The summed E-state index contributed by atoms with van der Waals surface area (Å²) in [5.74, 6) is -1.61. The molecule has 0 bridgehead atoms. The van der Waals surface area contributed by atoms with Crippen LogP contribution in [0.5, 0.6) is 11.5 Å². The van der Waals surface area contributed by atoms with Crippen molar-refractivity contribution < 1.29 is 33.5 Å². The summed E-state index contributed by atoms with van der Waals surface area (Å²) in [6, 6.07) is 8.08. The average molecular weight is 474 g/mol. The molecule has 2 unspecified atom stereocenters. The number of hydrogen-bond donors (Lipinski definition) is 1. The summed E-state index contributed by atoms with van der Waals surface area (Å²) in [5.41, 5.74) is 0.681. The summed E-state index contributed by atoms with van der Waals surface area (Å²) in [6.07, 6.45) is 0.734. The van der Waals surface area contributed by atoms with Crippen LogP contribution in [0.3, 0.4) is 0 Å². The van der Waals surface area contributed by atoms with E-state index >= 15 is 0 Å². The van der Waals surface area contributed by atoms with E-state index in [4.69, 9.17) is 14.2 Å². The highest BCUT2D eigenvalue weighted by Crippen LogP contribution is 2.41. The maximum absolute atomic E-state index is 13.3. The smallest absolute Gasteiger partial charge is 0.291 e. The van der Waals surface area contributed by atoms with Crippen LogP contribution in [0.1, 0.15) is 27.7 Å². The number of likely N-dealkylation sites (tertiary alicyclic amines) is 1. The number of benzene rings is 1. The molecule has 1 aromatic heterocycles. The van der Waals surface area contributed by atoms with Gasteiger partial charge < -0.3 is 24.0 Å². The Kier molecular flexibility index (Phi) is 7.42. The third-order valence-electron chi connectivity index (χ3n) is 6.33. The van der Waals surface area contributed by atoms with Crippen LogP contribution in [0.15, 0.2) is 35.7 Å². The minimum Gasteiger partial charge on any atom is -0.493 e. The van der Waals surface area contributed by atoms with E-state index in [1.165, 1.54) is 23.3 Å². The molecule has 1 aromatic carbocycles. The molecule has 2 saturated heterocycles. The summed E-state index contributed by atoms with van der Waals surface area (Å²) >= 11 is 1.28. The largest absolute Gasteiger partial charge is 0.493 e. The predicted molar refractivity (Wildman–Crippen MR) is 122 cm³/mol. The third-order valence-corrected chi connectivity index (χ3v) is 7.21. The van der Waals surface area contributed by atoms with Crippen molar-refractivity contribution >= 4 is 28.8 Å². The number of methoxy groups -OCH3 is 2. The van der Waals surface area contributed by atoms with Crippen molar-refractivity contribution in [1.29, 1.82) is 0 Å². The lowest BCUT2D eigenvalue weighted by Gasteiger charge is -2.29. The first-order valence-electron chi connectivity index (χ1n) is 11.1. The zero-order chi connectivity index (χ0) is 23.4. The van der Waals surface area contributed by atoms with Crippen molar-refractivity contribution in [2.45, 2.75) is 12.5 Å². The fourth-order valence-electron chi connectivity index (χ4n) is 4.62. The van der Waals surface area contributed by atoms with Crippen molar-refractivity contribution in [3.63, 3.8) is 0 Å². The van der Waals surface area contributed by atoms with Crippen LogP contribution in [-0.4, -0.2) is 76.0 Å². The van der Waals surface area contributed by atoms with Gasteiger partial charge in [-0.3, -0.25) is 14.4 Å². The number of ether oxygens (including phenoxy) is 3. The van der Waals surface area contributed by atoms with Gasteiger partial charge in [-0.1, -0.05) is 12.1 Å². The molecule has 4 rings (SSSR count). The van der Waals surface area contributed by atoms with E-state index in [1.54, 1.807) is 47.7 Å². The molecule has 1 N–H and O–H groups in total. The number of carbonyl (C=O) groups excluding carboxylic acids is 3. The van der Waals surface area contributed by atoms with Gasteiger partial charge in [0.25, 0.3) is 5.91 Å². The Balaban J connectivity index is 1.64. The monoisotopic (exact) mass is 473 g/mol. The average Bonchev–Trinajstić information content (AvgIpc) is 3.47. The lowest BCUT2D eigenvalue weighted by atomic mass is 9.88. The van der Waals surface area contributed by atoms with Crippen molar-refractivity contribution in [3.8, 4) is 11.5 Å². The standard InChI is InChI=1S/C24H28N2O6S/c1-30-17-7-6-16(15-18(17)31-2)21-20(22(27)19-5-3-14-33-19)23(28)24(29)26(21)9-4-8-25-10-12-32-13-11-25/h3,5-7,14-15,20-21H,4,8-13H2,1-2H3/p+1. The summed E-state index contributed by atoms with van der Waals surface area (Å²) in [4.78, 5) is 43.0. The highest BCUT2D eigenvalue weighted by Gasteiger charge is 2.51. The lowest BCUT2D eigenvalue weighted by Crippen LogP contribution is -3.14.